The van der Waals surface area contributed by atoms with Crippen molar-refractivity contribution < 1.29 is 0 Å². The molecular formula is C17H23N3S. The first-order valence-corrected chi connectivity index (χ1v) is 9.14. The van der Waals surface area contributed by atoms with Gasteiger partial charge in [-0.15, -0.1) is 11.3 Å². The van der Waals surface area contributed by atoms with Gasteiger partial charge in [0.05, 0.1) is 5.39 Å². The second-order valence-electron chi connectivity index (χ2n) is 6.73. The number of anilines is 1. The first-order chi connectivity index (χ1) is 10.3. The van der Waals surface area contributed by atoms with Crippen LogP contribution in [0, 0.1) is 5.92 Å². The van der Waals surface area contributed by atoms with Gasteiger partial charge in [0.25, 0.3) is 0 Å². The summed E-state index contributed by atoms with van der Waals surface area (Å²) in [7, 11) is 0. The normalized spacial score (nSPS) is 23.2. The molecule has 0 unspecified atom stereocenters. The molecule has 112 valence electrons. The Hall–Kier alpha value is -1.16. The monoisotopic (exact) mass is 301 g/mol. The number of aryl methyl sites for hydroxylation is 1. The Labute approximate surface area is 130 Å². The van der Waals surface area contributed by atoms with E-state index in [0.29, 0.717) is 6.04 Å². The molecule has 2 aromatic heterocycles. The van der Waals surface area contributed by atoms with Crippen LogP contribution in [0.3, 0.4) is 0 Å². The fourth-order valence-corrected chi connectivity index (χ4v) is 5.02. The smallest absolute Gasteiger partial charge is 0.138 e. The summed E-state index contributed by atoms with van der Waals surface area (Å²) < 4.78 is 0. The molecule has 2 aromatic rings. The van der Waals surface area contributed by atoms with Crippen LogP contribution in [0.25, 0.3) is 10.2 Å². The minimum Gasteiger partial charge on any atom is -0.367 e. The van der Waals surface area contributed by atoms with Crippen molar-refractivity contribution >= 4 is 27.4 Å². The molecule has 0 radical (unpaired) electrons. The van der Waals surface area contributed by atoms with Crippen molar-refractivity contribution in [1.82, 2.24) is 9.97 Å². The van der Waals surface area contributed by atoms with E-state index in [1.165, 1.54) is 67.1 Å². The lowest BCUT2D eigenvalue weighted by atomic mass is 9.88. The molecule has 0 spiro atoms. The largest absolute Gasteiger partial charge is 0.367 e. The highest BCUT2D eigenvalue weighted by Gasteiger charge is 2.24. The van der Waals surface area contributed by atoms with Gasteiger partial charge in [0.1, 0.15) is 17.0 Å². The fourth-order valence-electron chi connectivity index (χ4n) is 3.83. The second kappa shape index (κ2) is 5.56. The van der Waals surface area contributed by atoms with E-state index >= 15 is 0 Å². The molecule has 0 saturated heterocycles. The highest BCUT2D eigenvalue weighted by Crippen LogP contribution is 2.40. The molecule has 0 aliphatic heterocycles. The van der Waals surface area contributed by atoms with Crippen molar-refractivity contribution in [2.75, 3.05) is 5.32 Å². The number of nitrogens with one attached hydrogen (secondary N) is 1. The van der Waals surface area contributed by atoms with E-state index in [4.69, 9.17) is 0 Å². The Morgan fingerprint density at radius 2 is 2.00 bits per heavy atom. The van der Waals surface area contributed by atoms with Crippen LogP contribution >= 0.6 is 11.3 Å². The standard InChI is InChI=1S/C17H23N3S/c1-11-7-8-14-13(9-11)15-16(18-10-19-17(15)21-14)20-12-5-3-2-4-6-12/h10-12H,2-9H2,1H3,(H,18,19,20)/t11-/m1/s1. The van der Waals surface area contributed by atoms with Crippen molar-refractivity contribution in [3.05, 3.63) is 16.8 Å². The van der Waals surface area contributed by atoms with Crippen molar-refractivity contribution in [3.63, 3.8) is 0 Å². The van der Waals surface area contributed by atoms with Crippen molar-refractivity contribution in [2.45, 2.75) is 64.3 Å². The zero-order valence-electron chi connectivity index (χ0n) is 12.7. The van der Waals surface area contributed by atoms with Gasteiger partial charge >= 0.3 is 0 Å². The number of fused-ring (bicyclic) bond motifs is 3. The van der Waals surface area contributed by atoms with Crippen molar-refractivity contribution in [1.29, 1.82) is 0 Å². The Balaban J connectivity index is 1.72. The van der Waals surface area contributed by atoms with E-state index < -0.39 is 0 Å². The van der Waals surface area contributed by atoms with Gasteiger partial charge in [0.15, 0.2) is 0 Å². The first kappa shape index (κ1) is 13.5. The summed E-state index contributed by atoms with van der Waals surface area (Å²) >= 11 is 1.89. The molecule has 0 aromatic carbocycles. The summed E-state index contributed by atoms with van der Waals surface area (Å²) in [5.74, 6) is 1.89. The Kier molecular flexibility index (Phi) is 3.57. The zero-order chi connectivity index (χ0) is 14.2. The molecule has 2 aliphatic rings. The maximum absolute atomic E-state index is 4.59. The predicted octanol–water partition coefficient (Wildman–Crippen LogP) is 4.56. The van der Waals surface area contributed by atoms with Gasteiger partial charge in [-0.3, -0.25) is 0 Å². The third kappa shape index (κ3) is 2.54. The van der Waals surface area contributed by atoms with Gasteiger partial charge in [-0.25, -0.2) is 9.97 Å². The van der Waals surface area contributed by atoms with Gasteiger partial charge in [0.2, 0.25) is 0 Å². The van der Waals surface area contributed by atoms with Crippen molar-refractivity contribution in [2.24, 2.45) is 5.92 Å². The van der Waals surface area contributed by atoms with E-state index in [1.807, 2.05) is 11.3 Å². The fraction of sp³-hybridized carbons (Fsp3) is 0.647. The molecule has 0 bridgehead atoms. The topological polar surface area (TPSA) is 37.8 Å². The quantitative estimate of drug-likeness (QED) is 0.883. The van der Waals surface area contributed by atoms with Gasteiger partial charge in [-0.05, 0) is 43.6 Å². The molecule has 1 saturated carbocycles. The molecule has 2 heterocycles. The summed E-state index contributed by atoms with van der Waals surface area (Å²) in [6, 6.07) is 0.605. The summed E-state index contributed by atoms with van der Waals surface area (Å²) in [4.78, 5) is 11.9. The number of aromatic nitrogens is 2. The summed E-state index contributed by atoms with van der Waals surface area (Å²) in [5, 5.41) is 5.06. The van der Waals surface area contributed by atoms with Gasteiger partial charge in [-0.1, -0.05) is 26.2 Å². The average Bonchev–Trinajstić information content (AvgIpc) is 2.87. The van der Waals surface area contributed by atoms with Crippen LogP contribution in [0.5, 0.6) is 0 Å². The van der Waals surface area contributed by atoms with Crippen molar-refractivity contribution in [3.8, 4) is 0 Å². The third-order valence-corrected chi connectivity index (χ3v) is 6.23. The molecule has 4 rings (SSSR count). The average molecular weight is 301 g/mol. The van der Waals surface area contributed by atoms with Crippen LogP contribution in [0.4, 0.5) is 5.82 Å². The van der Waals surface area contributed by atoms with E-state index in [-0.39, 0.29) is 0 Å². The molecule has 0 amide bonds. The molecule has 1 atom stereocenters. The molecule has 3 nitrogen and oxygen atoms in total. The number of thiophene rings is 1. The maximum atomic E-state index is 4.59. The third-order valence-electron chi connectivity index (χ3n) is 5.03. The van der Waals surface area contributed by atoms with E-state index in [2.05, 4.69) is 22.2 Å². The summed E-state index contributed by atoms with van der Waals surface area (Å²) in [6.07, 6.45) is 12.1. The Morgan fingerprint density at radius 1 is 1.14 bits per heavy atom. The molecule has 21 heavy (non-hydrogen) atoms. The SMILES string of the molecule is C[C@@H]1CCc2sc3ncnc(NC4CCCCC4)c3c2C1. The van der Waals surface area contributed by atoms with Gasteiger partial charge in [-0.2, -0.15) is 0 Å². The van der Waals surface area contributed by atoms with E-state index in [9.17, 15) is 0 Å². The molecule has 2 aliphatic carbocycles. The van der Waals surface area contributed by atoms with Crippen LogP contribution in [0.2, 0.25) is 0 Å². The number of hydrogen-bond donors (Lipinski definition) is 1. The minimum atomic E-state index is 0.605. The predicted molar refractivity (Wildman–Crippen MR) is 89.1 cm³/mol. The Bertz CT molecular complexity index is 643. The summed E-state index contributed by atoms with van der Waals surface area (Å²) in [6.45, 7) is 2.37. The lowest BCUT2D eigenvalue weighted by Crippen LogP contribution is -2.23. The molecule has 1 N–H and O–H groups in total. The first-order valence-electron chi connectivity index (χ1n) is 8.33. The van der Waals surface area contributed by atoms with Gasteiger partial charge in [0, 0.05) is 10.9 Å². The van der Waals surface area contributed by atoms with E-state index in [1.54, 1.807) is 11.2 Å². The lowest BCUT2D eigenvalue weighted by molar-refractivity contribution is 0.462. The minimum absolute atomic E-state index is 0.605. The van der Waals surface area contributed by atoms with E-state index in [0.717, 1.165) is 11.7 Å². The molecule has 1 fully saturated rings. The van der Waals surface area contributed by atoms with Crippen LogP contribution in [0.1, 0.15) is 55.9 Å². The van der Waals surface area contributed by atoms with Gasteiger partial charge < -0.3 is 5.32 Å². The van der Waals surface area contributed by atoms with Crippen LogP contribution in [0.15, 0.2) is 6.33 Å². The highest BCUT2D eigenvalue weighted by molar-refractivity contribution is 7.19. The lowest BCUT2D eigenvalue weighted by Gasteiger charge is -2.24. The zero-order valence-corrected chi connectivity index (χ0v) is 13.5. The number of nitrogens with zero attached hydrogens (tertiary/aromatic N) is 2. The van der Waals surface area contributed by atoms with Crippen LogP contribution in [-0.2, 0) is 12.8 Å². The number of rotatable bonds is 2. The summed E-state index contributed by atoms with van der Waals surface area (Å²) in [5.41, 5.74) is 1.53. The maximum Gasteiger partial charge on any atom is 0.138 e. The molecular weight excluding hydrogens is 278 g/mol. The van der Waals surface area contributed by atoms with Crippen LogP contribution in [-0.4, -0.2) is 16.0 Å². The highest BCUT2D eigenvalue weighted by atomic mass is 32.1. The Morgan fingerprint density at radius 3 is 2.86 bits per heavy atom. The van der Waals surface area contributed by atoms with Crippen LogP contribution < -0.4 is 5.32 Å². The molecule has 4 heteroatoms. The second-order valence-corrected chi connectivity index (χ2v) is 7.82. The number of hydrogen-bond acceptors (Lipinski definition) is 4.